The van der Waals surface area contributed by atoms with Gasteiger partial charge in [-0.25, -0.2) is 0 Å². The molecule has 0 aliphatic heterocycles. The molecule has 1 N–H and O–H groups in total. The van der Waals surface area contributed by atoms with E-state index in [-0.39, 0.29) is 18.0 Å². The number of thioether (sulfide) groups is 1. The normalized spacial score (nSPS) is 19.5. The van der Waals surface area contributed by atoms with E-state index in [4.69, 9.17) is 9.84 Å². The molecule has 3 nitrogen and oxygen atoms in total. The summed E-state index contributed by atoms with van der Waals surface area (Å²) in [5.41, 5.74) is -0.347. The molecule has 0 bridgehead atoms. The molecule has 0 heterocycles. The van der Waals surface area contributed by atoms with E-state index in [0.29, 0.717) is 5.25 Å². The number of rotatable bonds is 4. The second-order valence-corrected chi connectivity index (χ2v) is 4.02. The van der Waals surface area contributed by atoms with Crippen LogP contribution in [-0.2, 0) is 9.53 Å². The zero-order chi connectivity index (χ0) is 8.27. The van der Waals surface area contributed by atoms with Gasteiger partial charge in [0.1, 0.15) is 0 Å². The van der Waals surface area contributed by atoms with E-state index >= 15 is 0 Å². The first-order valence-electron chi connectivity index (χ1n) is 3.66. The van der Waals surface area contributed by atoms with Crippen LogP contribution >= 0.6 is 11.8 Å². The lowest BCUT2D eigenvalue weighted by atomic mass is 10.7. The molecule has 1 unspecified atom stereocenters. The zero-order valence-electron chi connectivity index (χ0n) is 6.45. The molecule has 1 rings (SSSR count). The summed E-state index contributed by atoms with van der Waals surface area (Å²) in [5, 5.41) is 9.36. The Morgan fingerprint density at radius 1 is 1.82 bits per heavy atom. The topological polar surface area (TPSA) is 46.5 Å². The molecule has 0 radical (unpaired) electrons. The van der Waals surface area contributed by atoms with E-state index in [1.807, 2.05) is 0 Å². The van der Waals surface area contributed by atoms with Crippen LogP contribution in [0.5, 0.6) is 0 Å². The first-order valence-corrected chi connectivity index (χ1v) is 4.60. The van der Waals surface area contributed by atoms with Gasteiger partial charge in [-0.1, -0.05) is 0 Å². The van der Waals surface area contributed by atoms with Gasteiger partial charge in [-0.05, 0) is 12.8 Å². The van der Waals surface area contributed by atoms with Crippen molar-refractivity contribution >= 4 is 17.7 Å². The van der Waals surface area contributed by atoms with Crippen molar-refractivity contribution in [1.29, 1.82) is 0 Å². The highest BCUT2D eigenvalue weighted by molar-refractivity contribution is 8.00. The van der Waals surface area contributed by atoms with E-state index in [2.05, 4.69) is 0 Å². The fourth-order valence-corrected chi connectivity index (χ4v) is 1.83. The monoisotopic (exact) mass is 176 g/mol. The third-order valence-corrected chi connectivity index (χ3v) is 2.72. The predicted molar refractivity (Wildman–Crippen MR) is 43.3 cm³/mol. The molecular weight excluding hydrogens is 164 g/mol. The van der Waals surface area contributed by atoms with Gasteiger partial charge in [0, 0.05) is 12.2 Å². The van der Waals surface area contributed by atoms with Crippen LogP contribution in [0.3, 0.4) is 0 Å². The Morgan fingerprint density at radius 2 is 2.45 bits per heavy atom. The first kappa shape index (κ1) is 8.87. The SMILES string of the molecule is CC(=O)OC(CO)SC1CC1. The molecule has 0 aromatic heterocycles. The lowest BCUT2D eigenvalue weighted by molar-refractivity contribution is -0.143. The van der Waals surface area contributed by atoms with Gasteiger partial charge in [0.15, 0.2) is 5.44 Å². The molecule has 1 saturated carbocycles. The highest BCUT2D eigenvalue weighted by Gasteiger charge is 2.27. The van der Waals surface area contributed by atoms with Crippen molar-refractivity contribution in [1.82, 2.24) is 0 Å². The number of esters is 1. The Morgan fingerprint density at radius 3 is 2.82 bits per heavy atom. The summed E-state index contributed by atoms with van der Waals surface area (Å²) in [6.07, 6.45) is 2.37. The van der Waals surface area contributed by atoms with E-state index in [1.54, 1.807) is 11.8 Å². The summed E-state index contributed by atoms with van der Waals surface area (Å²) in [6.45, 7) is 1.27. The van der Waals surface area contributed by atoms with Crippen LogP contribution in [0.25, 0.3) is 0 Å². The van der Waals surface area contributed by atoms with Gasteiger partial charge >= 0.3 is 5.97 Å². The maximum Gasteiger partial charge on any atom is 0.303 e. The average Bonchev–Trinajstić information content (AvgIpc) is 2.69. The minimum Gasteiger partial charge on any atom is -0.449 e. The molecule has 1 aliphatic rings. The predicted octanol–water partition coefficient (Wildman–Crippen LogP) is 0.763. The molecule has 0 aromatic carbocycles. The van der Waals surface area contributed by atoms with Gasteiger partial charge < -0.3 is 9.84 Å². The second kappa shape index (κ2) is 3.97. The van der Waals surface area contributed by atoms with E-state index in [0.717, 1.165) is 0 Å². The molecule has 11 heavy (non-hydrogen) atoms. The minimum absolute atomic E-state index is 0.0826. The van der Waals surface area contributed by atoms with Gasteiger partial charge in [0.05, 0.1) is 6.61 Å². The van der Waals surface area contributed by atoms with Crippen molar-refractivity contribution in [2.45, 2.75) is 30.5 Å². The summed E-state index contributed by atoms with van der Waals surface area (Å²) in [4.78, 5) is 10.5. The van der Waals surface area contributed by atoms with E-state index in [9.17, 15) is 4.79 Å². The van der Waals surface area contributed by atoms with Crippen LogP contribution in [0.1, 0.15) is 19.8 Å². The van der Waals surface area contributed by atoms with Crippen molar-refractivity contribution < 1.29 is 14.6 Å². The maximum absolute atomic E-state index is 10.5. The first-order chi connectivity index (χ1) is 5.22. The summed E-state index contributed by atoms with van der Waals surface area (Å²) < 4.78 is 4.82. The van der Waals surface area contributed by atoms with E-state index in [1.165, 1.54) is 19.8 Å². The van der Waals surface area contributed by atoms with Crippen LogP contribution in [-0.4, -0.2) is 28.4 Å². The van der Waals surface area contributed by atoms with Gasteiger partial charge in [-0.15, -0.1) is 11.8 Å². The molecule has 1 atom stereocenters. The number of hydrogen-bond donors (Lipinski definition) is 1. The lowest BCUT2D eigenvalue weighted by Gasteiger charge is -2.12. The van der Waals surface area contributed by atoms with Gasteiger partial charge in [0.25, 0.3) is 0 Å². The Hall–Kier alpha value is -0.220. The molecule has 0 saturated heterocycles. The van der Waals surface area contributed by atoms with Crippen molar-refractivity contribution in [2.75, 3.05) is 6.61 Å². The van der Waals surface area contributed by atoms with Crippen molar-refractivity contribution in [2.24, 2.45) is 0 Å². The number of hydrogen-bond acceptors (Lipinski definition) is 4. The minimum atomic E-state index is -0.347. The molecule has 0 amide bonds. The smallest absolute Gasteiger partial charge is 0.303 e. The summed E-state index contributed by atoms with van der Waals surface area (Å²) in [7, 11) is 0. The molecule has 0 spiro atoms. The van der Waals surface area contributed by atoms with Crippen LogP contribution in [0.15, 0.2) is 0 Å². The molecule has 4 heteroatoms. The Balaban J connectivity index is 2.17. The second-order valence-electron chi connectivity index (χ2n) is 2.56. The summed E-state index contributed by atoms with van der Waals surface area (Å²) in [5.74, 6) is -0.322. The Kier molecular flexibility index (Phi) is 3.20. The van der Waals surface area contributed by atoms with Crippen LogP contribution < -0.4 is 0 Å². The lowest BCUT2D eigenvalue weighted by Crippen LogP contribution is -2.17. The van der Waals surface area contributed by atoms with Crippen molar-refractivity contribution in [3.05, 3.63) is 0 Å². The number of carbonyl (C=O) groups is 1. The highest BCUT2D eigenvalue weighted by Crippen LogP contribution is 2.36. The van der Waals surface area contributed by atoms with Gasteiger partial charge in [0.2, 0.25) is 0 Å². The zero-order valence-corrected chi connectivity index (χ0v) is 7.26. The van der Waals surface area contributed by atoms with Crippen molar-refractivity contribution in [3.8, 4) is 0 Å². The largest absolute Gasteiger partial charge is 0.449 e. The standard InChI is InChI=1S/C7H12O3S/c1-5(9)10-7(4-8)11-6-2-3-6/h6-8H,2-4H2,1H3. The maximum atomic E-state index is 10.5. The molecule has 1 aliphatic carbocycles. The summed E-state index contributed by atoms with van der Waals surface area (Å²) in [6, 6.07) is 0. The third kappa shape index (κ3) is 3.62. The summed E-state index contributed by atoms with van der Waals surface area (Å²) >= 11 is 1.55. The average molecular weight is 176 g/mol. The van der Waals surface area contributed by atoms with Crippen LogP contribution in [0, 0.1) is 0 Å². The van der Waals surface area contributed by atoms with Crippen molar-refractivity contribution in [3.63, 3.8) is 0 Å². The molecule has 1 fully saturated rings. The number of carbonyl (C=O) groups excluding carboxylic acids is 1. The number of aliphatic hydroxyl groups is 1. The number of ether oxygens (including phenoxy) is 1. The fourth-order valence-electron chi connectivity index (χ4n) is 0.712. The highest BCUT2D eigenvalue weighted by atomic mass is 32.2. The Bertz CT molecular complexity index is 145. The fraction of sp³-hybridized carbons (Fsp3) is 0.857. The quantitative estimate of drug-likeness (QED) is 0.507. The number of aliphatic hydroxyl groups excluding tert-OH is 1. The molecule has 64 valence electrons. The van der Waals surface area contributed by atoms with Gasteiger partial charge in [-0.2, -0.15) is 0 Å². The van der Waals surface area contributed by atoms with Crippen LogP contribution in [0.4, 0.5) is 0 Å². The third-order valence-electron chi connectivity index (χ3n) is 1.32. The van der Waals surface area contributed by atoms with Gasteiger partial charge in [-0.3, -0.25) is 4.79 Å². The van der Waals surface area contributed by atoms with Crippen LogP contribution in [0.2, 0.25) is 0 Å². The molecular formula is C7H12O3S. The Labute approximate surface area is 70.1 Å². The van der Waals surface area contributed by atoms with E-state index < -0.39 is 0 Å². The molecule has 0 aromatic rings.